The van der Waals surface area contributed by atoms with E-state index in [4.69, 9.17) is 0 Å². The van der Waals surface area contributed by atoms with E-state index in [9.17, 15) is 4.79 Å². The standard InChI is InChI=1S/C13H22N2O/c1-6-10-7-11(15(5)14-10)8-12(16)9-13(2,3)4/h7H,6,8-9H2,1-5H3. The zero-order valence-electron chi connectivity index (χ0n) is 11.0. The number of ketones is 1. The summed E-state index contributed by atoms with van der Waals surface area (Å²) in [7, 11) is 1.90. The fraction of sp³-hybridized carbons (Fsp3) is 0.692. The largest absolute Gasteiger partial charge is 0.299 e. The van der Waals surface area contributed by atoms with Crippen molar-refractivity contribution in [3.8, 4) is 0 Å². The number of aryl methyl sites for hydroxylation is 2. The van der Waals surface area contributed by atoms with E-state index < -0.39 is 0 Å². The van der Waals surface area contributed by atoms with E-state index in [1.54, 1.807) is 0 Å². The van der Waals surface area contributed by atoms with Crippen LogP contribution in [-0.2, 0) is 24.7 Å². The van der Waals surface area contributed by atoms with Gasteiger partial charge in [0, 0.05) is 25.6 Å². The summed E-state index contributed by atoms with van der Waals surface area (Å²) in [6.45, 7) is 8.34. The van der Waals surface area contributed by atoms with E-state index in [1.807, 2.05) is 17.8 Å². The minimum absolute atomic E-state index is 0.0727. The molecule has 1 heterocycles. The van der Waals surface area contributed by atoms with Gasteiger partial charge in [0.25, 0.3) is 0 Å². The highest BCUT2D eigenvalue weighted by Crippen LogP contribution is 2.20. The van der Waals surface area contributed by atoms with Crippen LogP contribution in [0.5, 0.6) is 0 Å². The number of hydrogen-bond donors (Lipinski definition) is 0. The van der Waals surface area contributed by atoms with Crippen LogP contribution in [0.2, 0.25) is 0 Å². The van der Waals surface area contributed by atoms with Crippen molar-refractivity contribution >= 4 is 5.78 Å². The number of Topliss-reactive ketones (excluding diaryl/α,β-unsaturated/α-hetero) is 1. The molecule has 0 aromatic carbocycles. The summed E-state index contributed by atoms with van der Waals surface area (Å²) >= 11 is 0. The van der Waals surface area contributed by atoms with Gasteiger partial charge in [0.15, 0.2) is 0 Å². The summed E-state index contributed by atoms with van der Waals surface area (Å²) in [5.41, 5.74) is 2.15. The van der Waals surface area contributed by atoms with Crippen LogP contribution in [0.3, 0.4) is 0 Å². The maximum atomic E-state index is 11.8. The van der Waals surface area contributed by atoms with Crippen LogP contribution >= 0.6 is 0 Å². The second kappa shape index (κ2) is 4.81. The third kappa shape index (κ3) is 3.80. The molecule has 0 fully saturated rings. The molecule has 0 bridgehead atoms. The molecule has 0 atom stereocenters. The Morgan fingerprint density at radius 2 is 2.06 bits per heavy atom. The first-order chi connectivity index (χ1) is 7.31. The Labute approximate surface area is 97.8 Å². The molecule has 0 spiro atoms. The zero-order valence-corrected chi connectivity index (χ0v) is 11.0. The topological polar surface area (TPSA) is 34.9 Å². The molecule has 1 aromatic heterocycles. The van der Waals surface area contributed by atoms with Gasteiger partial charge >= 0.3 is 0 Å². The number of aromatic nitrogens is 2. The second-order valence-corrected chi connectivity index (χ2v) is 5.56. The van der Waals surface area contributed by atoms with Gasteiger partial charge in [-0.15, -0.1) is 0 Å². The minimum atomic E-state index is 0.0727. The molecule has 0 aliphatic heterocycles. The van der Waals surface area contributed by atoms with Crippen LogP contribution in [0.4, 0.5) is 0 Å². The van der Waals surface area contributed by atoms with Gasteiger partial charge in [0.2, 0.25) is 0 Å². The number of nitrogens with zero attached hydrogens (tertiary/aromatic N) is 2. The van der Waals surface area contributed by atoms with E-state index >= 15 is 0 Å². The fourth-order valence-electron chi connectivity index (χ4n) is 1.77. The first kappa shape index (κ1) is 12.9. The molecule has 0 unspecified atom stereocenters. The van der Waals surface area contributed by atoms with E-state index in [1.165, 1.54) is 0 Å². The molecule has 0 amide bonds. The van der Waals surface area contributed by atoms with Gasteiger partial charge in [0.05, 0.1) is 5.69 Å². The third-order valence-electron chi connectivity index (χ3n) is 2.50. The third-order valence-corrected chi connectivity index (χ3v) is 2.50. The molecule has 0 saturated heterocycles. The van der Waals surface area contributed by atoms with Crippen molar-refractivity contribution in [2.75, 3.05) is 0 Å². The maximum Gasteiger partial charge on any atom is 0.139 e. The Balaban J connectivity index is 2.66. The summed E-state index contributed by atoms with van der Waals surface area (Å²) in [5, 5.41) is 4.34. The molecule has 0 saturated carbocycles. The van der Waals surface area contributed by atoms with Crippen LogP contribution in [0.25, 0.3) is 0 Å². The quantitative estimate of drug-likeness (QED) is 0.784. The summed E-state index contributed by atoms with van der Waals surface area (Å²) in [4.78, 5) is 11.8. The van der Waals surface area contributed by atoms with E-state index in [2.05, 4.69) is 32.8 Å². The summed E-state index contributed by atoms with van der Waals surface area (Å²) in [6.07, 6.45) is 2.04. The number of carbonyl (C=O) groups excluding carboxylic acids is 1. The first-order valence-corrected chi connectivity index (χ1v) is 5.85. The Morgan fingerprint density at radius 3 is 2.50 bits per heavy atom. The van der Waals surface area contributed by atoms with Gasteiger partial charge in [-0.2, -0.15) is 5.10 Å². The highest BCUT2D eigenvalue weighted by atomic mass is 16.1. The summed E-state index contributed by atoms with van der Waals surface area (Å²) < 4.78 is 1.82. The molecule has 0 N–H and O–H groups in total. The van der Waals surface area contributed by atoms with Crippen molar-refractivity contribution in [2.24, 2.45) is 12.5 Å². The molecule has 3 nitrogen and oxygen atoms in total. The van der Waals surface area contributed by atoms with Crippen molar-refractivity contribution in [1.82, 2.24) is 9.78 Å². The lowest BCUT2D eigenvalue weighted by molar-refractivity contribution is -0.120. The average Bonchev–Trinajstić information content (AvgIpc) is 2.44. The van der Waals surface area contributed by atoms with Crippen molar-refractivity contribution < 1.29 is 4.79 Å². The Kier molecular flexibility index (Phi) is 3.89. The van der Waals surface area contributed by atoms with Crippen molar-refractivity contribution in [3.05, 3.63) is 17.5 Å². The molecule has 1 rings (SSSR count). The predicted molar refractivity (Wildman–Crippen MR) is 65.4 cm³/mol. The normalized spacial score (nSPS) is 11.8. The van der Waals surface area contributed by atoms with Crippen LogP contribution in [0.15, 0.2) is 6.07 Å². The minimum Gasteiger partial charge on any atom is -0.299 e. The van der Waals surface area contributed by atoms with Gasteiger partial charge in [0.1, 0.15) is 5.78 Å². The molecule has 1 aromatic rings. The SMILES string of the molecule is CCc1cc(CC(=O)CC(C)(C)C)n(C)n1. The first-order valence-electron chi connectivity index (χ1n) is 5.85. The number of hydrogen-bond acceptors (Lipinski definition) is 2. The van der Waals surface area contributed by atoms with Crippen molar-refractivity contribution in [2.45, 2.75) is 47.0 Å². The maximum absolute atomic E-state index is 11.8. The zero-order chi connectivity index (χ0) is 12.3. The predicted octanol–water partition coefficient (Wildman–Crippen LogP) is 2.53. The average molecular weight is 222 g/mol. The molecule has 0 aliphatic carbocycles. The number of rotatable bonds is 4. The van der Waals surface area contributed by atoms with Gasteiger partial charge in [-0.25, -0.2) is 0 Å². The van der Waals surface area contributed by atoms with Crippen molar-refractivity contribution in [1.29, 1.82) is 0 Å². The lowest BCUT2D eigenvalue weighted by Gasteiger charge is -2.16. The molecule has 0 radical (unpaired) electrons. The van der Waals surface area contributed by atoms with E-state index in [-0.39, 0.29) is 11.2 Å². The monoisotopic (exact) mass is 222 g/mol. The Hall–Kier alpha value is -1.12. The van der Waals surface area contributed by atoms with Crippen molar-refractivity contribution in [3.63, 3.8) is 0 Å². The lowest BCUT2D eigenvalue weighted by Crippen LogP contribution is -2.16. The molecule has 16 heavy (non-hydrogen) atoms. The van der Waals surface area contributed by atoms with Crippen LogP contribution in [0, 0.1) is 5.41 Å². The van der Waals surface area contributed by atoms with Crippen LogP contribution in [-0.4, -0.2) is 15.6 Å². The lowest BCUT2D eigenvalue weighted by atomic mass is 9.89. The molecule has 3 heteroatoms. The fourth-order valence-corrected chi connectivity index (χ4v) is 1.77. The summed E-state index contributed by atoms with van der Waals surface area (Å²) in [6, 6.07) is 2.03. The van der Waals surface area contributed by atoms with Gasteiger partial charge in [-0.05, 0) is 17.9 Å². The van der Waals surface area contributed by atoms with Crippen LogP contribution in [0.1, 0.15) is 45.5 Å². The van der Waals surface area contributed by atoms with Gasteiger partial charge < -0.3 is 0 Å². The smallest absolute Gasteiger partial charge is 0.139 e. The molecular formula is C13H22N2O. The molecule has 0 aliphatic rings. The Morgan fingerprint density at radius 1 is 1.44 bits per heavy atom. The van der Waals surface area contributed by atoms with Gasteiger partial charge in [-0.3, -0.25) is 9.48 Å². The Bertz CT molecular complexity index is 372. The highest BCUT2D eigenvalue weighted by Gasteiger charge is 2.17. The molecular weight excluding hydrogens is 200 g/mol. The van der Waals surface area contributed by atoms with E-state index in [0.29, 0.717) is 12.8 Å². The van der Waals surface area contributed by atoms with E-state index in [0.717, 1.165) is 17.8 Å². The molecule has 90 valence electrons. The number of carbonyl (C=O) groups is 1. The van der Waals surface area contributed by atoms with Gasteiger partial charge in [-0.1, -0.05) is 27.7 Å². The van der Waals surface area contributed by atoms with Crippen LogP contribution < -0.4 is 0 Å². The second-order valence-electron chi connectivity index (χ2n) is 5.56. The highest BCUT2D eigenvalue weighted by molar-refractivity contribution is 5.81. The summed E-state index contributed by atoms with van der Waals surface area (Å²) in [5.74, 6) is 0.290.